The van der Waals surface area contributed by atoms with Crippen molar-refractivity contribution in [3.05, 3.63) is 59.6 Å². The molecule has 0 aliphatic rings. The van der Waals surface area contributed by atoms with E-state index in [1.165, 1.54) is 5.56 Å². The van der Waals surface area contributed by atoms with Crippen molar-refractivity contribution in [1.82, 2.24) is 4.98 Å². The molecule has 0 saturated carbocycles. The summed E-state index contributed by atoms with van der Waals surface area (Å²) < 4.78 is 1.16. The van der Waals surface area contributed by atoms with Crippen LogP contribution in [0.2, 0.25) is 0 Å². The van der Waals surface area contributed by atoms with Gasteiger partial charge in [-0.3, -0.25) is 4.98 Å². The van der Waals surface area contributed by atoms with Crippen molar-refractivity contribution in [2.24, 2.45) is 0 Å². The second-order valence-electron chi connectivity index (χ2n) is 4.80. The molecule has 3 rings (SSSR count). The molecule has 21 heavy (non-hydrogen) atoms. The Labute approximate surface area is 127 Å². The highest BCUT2D eigenvalue weighted by Gasteiger charge is 2.13. The van der Waals surface area contributed by atoms with Gasteiger partial charge < -0.3 is 5.32 Å². The van der Waals surface area contributed by atoms with Crippen LogP contribution in [-0.4, -0.2) is 4.98 Å². The van der Waals surface area contributed by atoms with Gasteiger partial charge in [-0.1, -0.05) is 30.3 Å². The lowest BCUT2D eigenvalue weighted by Gasteiger charge is -2.19. The molecule has 0 saturated heterocycles. The maximum absolute atomic E-state index is 8.88. The van der Waals surface area contributed by atoms with Crippen molar-refractivity contribution in [1.29, 1.82) is 5.26 Å². The predicted octanol–water partition coefficient (Wildman–Crippen LogP) is 4.75. The van der Waals surface area contributed by atoms with Crippen molar-refractivity contribution in [2.45, 2.75) is 18.9 Å². The normalized spacial score (nSPS) is 12.0. The van der Waals surface area contributed by atoms with Gasteiger partial charge in [0.15, 0.2) is 0 Å². The summed E-state index contributed by atoms with van der Waals surface area (Å²) in [6.07, 6.45) is 3.14. The molecule has 0 fully saturated rings. The maximum atomic E-state index is 8.88. The van der Waals surface area contributed by atoms with Crippen LogP contribution < -0.4 is 5.32 Å². The summed E-state index contributed by atoms with van der Waals surface area (Å²) in [5.74, 6) is 0. The Kier molecular flexibility index (Phi) is 4.13. The molecule has 0 radical (unpaired) electrons. The molecule has 1 aromatic carbocycles. The molecule has 2 heterocycles. The first-order chi connectivity index (χ1) is 10.4. The van der Waals surface area contributed by atoms with Gasteiger partial charge in [0.25, 0.3) is 0 Å². The van der Waals surface area contributed by atoms with Gasteiger partial charge in [0.2, 0.25) is 0 Å². The minimum Gasteiger partial charge on any atom is -0.377 e. The van der Waals surface area contributed by atoms with Gasteiger partial charge in [0, 0.05) is 12.6 Å². The number of pyridine rings is 1. The van der Waals surface area contributed by atoms with E-state index >= 15 is 0 Å². The van der Waals surface area contributed by atoms with Gasteiger partial charge in [-0.05, 0) is 29.5 Å². The fourth-order valence-electron chi connectivity index (χ4n) is 2.39. The number of nitrogens with zero attached hydrogens (tertiary/aromatic N) is 2. The average Bonchev–Trinajstić information content (AvgIpc) is 3.01. The Hall–Kier alpha value is -2.38. The molecule has 104 valence electrons. The number of nitriles is 1. The third-order valence-electron chi connectivity index (χ3n) is 3.42. The first kappa shape index (κ1) is 13.6. The predicted molar refractivity (Wildman–Crippen MR) is 87.3 cm³/mol. The third-order valence-corrected chi connectivity index (χ3v) is 4.36. The minimum atomic E-state index is 0.138. The van der Waals surface area contributed by atoms with E-state index in [1.54, 1.807) is 11.3 Å². The summed E-state index contributed by atoms with van der Waals surface area (Å²) in [6, 6.07) is 16.7. The zero-order chi connectivity index (χ0) is 14.5. The molecule has 0 aliphatic carbocycles. The number of aromatic nitrogens is 1. The van der Waals surface area contributed by atoms with Gasteiger partial charge in [-0.25, -0.2) is 0 Å². The molecule has 4 heteroatoms. The second-order valence-corrected chi connectivity index (χ2v) is 5.71. The molecular formula is C17H15N3S. The summed E-state index contributed by atoms with van der Waals surface area (Å²) in [5, 5.41) is 14.5. The summed E-state index contributed by atoms with van der Waals surface area (Å²) in [4.78, 5) is 4.36. The first-order valence-corrected chi connectivity index (χ1v) is 7.77. The molecular weight excluding hydrogens is 278 g/mol. The lowest BCUT2D eigenvalue weighted by atomic mass is 10.0. The van der Waals surface area contributed by atoms with E-state index in [4.69, 9.17) is 5.26 Å². The van der Waals surface area contributed by atoms with Crippen molar-refractivity contribution in [3.63, 3.8) is 0 Å². The highest BCUT2D eigenvalue weighted by molar-refractivity contribution is 7.17. The molecule has 1 atom stereocenters. The lowest BCUT2D eigenvalue weighted by molar-refractivity contribution is 0.710. The number of fused-ring (bicyclic) bond motifs is 1. The quantitative estimate of drug-likeness (QED) is 0.738. The Morgan fingerprint density at radius 1 is 1.19 bits per heavy atom. The number of anilines is 1. The zero-order valence-electron chi connectivity index (χ0n) is 11.5. The van der Waals surface area contributed by atoms with E-state index in [2.05, 4.69) is 33.9 Å². The monoisotopic (exact) mass is 293 g/mol. The second kappa shape index (κ2) is 6.38. The van der Waals surface area contributed by atoms with Gasteiger partial charge in [-0.15, -0.1) is 11.3 Å². The van der Waals surface area contributed by atoms with Crippen LogP contribution in [0.15, 0.2) is 54.0 Å². The lowest BCUT2D eigenvalue weighted by Crippen LogP contribution is -2.10. The summed E-state index contributed by atoms with van der Waals surface area (Å²) in [6.45, 7) is 0. The van der Waals surface area contributed by atoms with Gasteiger partial charge in [-0.2, -0.15) is 5.26 Å². The van der Waals surface area contributed by atoms with Gasteiger partial charge in [0.1, 0.15) is 0 Å². The zero-order valence-corrected chi connectivity index (χ0v) is 12.3. The molecule has 3 aromatic rings. The van der Waals surface area contributed by atoms with Crippen molar-refractivity contribution in [2.75, 3.05) is 5.32 Å². The fraction of sp³-hybridized carbons (Fsp3) is 0.176. The van der Waals surface area contributed by atoms with Crippen LogP contribution in [0.25, 0.3) is 10.2 Å². The Balaban J connectivity index is 1.91. The van der Waals surface area contributed by atoms with E-state index in [-0.39, 0.29) is 6.04 Å². The van der Waals surface area contributed by atoms with Crippen LogP contribution in [-0.2, 0) is 0 Å². The maximum Gasteiger partial charge on any atom is 0.0830 e. The molecule has 0 amide bonds. The molecule has 1 unspecified atom stereocenters. The van der Waals surface area contributed by atoms with Crippen LogP contribution in [0.3, 0.4) is 0 Å². The summed E-state index contributed by atoms with van der Waals surface area (Å²) in [5.41, 5.74) is 3.30. The van der Waals surface area contributed by atoms with Crippen LogP contribution in [0.5, 0.6) is 0 Å². The Morgan fingerprint density at radius 2 is 2.05 bits per heavy atom. The largest absolute Gasteiger partial charge is 0.377 e. The first-order valence-electron chi connectivity index (χ1n) is 6.89. The SMILES string of the molecule is N#CCCC(Nc1ccnc2ccsc12)c1ccccc1. The molecule has 0 spiro atoms. The minimum absolute atomic E-state index is 0.138. The summed E-state index contributed by atoms with van der Waals surface area (Å²) >= 11 is 1.68. The number of thiophene rings is 1. The molecule has 2 aromatic heterocycles. The number of hydrogen-bond acceptors (Lipinski definition) is 4. The Bertz CT molecular complexity index is 758. The van der Waals surface area contributed by atoms with Crippen molar-refractivity contribution < 1.29 is 0 Å². The standard InChI is InChI=1S/C17H15N3S/c18-10-4-7-14(13-5-2-1-3-6-13)20-16-8-11-19-15-9-12-21-17(15)16/h1-3,5-6,8-9,11-12,14H,4,7H2,(H,19,20). The Morgan fingerprint density at radius 3 is 2.86 bits per heavy atom. The van der Waals surface area contributed by atoms with E-state index < -0.39 is 0 Å². The van der Waals surface area contributed by atoms with Crippen LogP contribution >= 0.6 is 11.3 Å². The smallest absolute Gasteiger partial charge is 0.0830 e. The number of rotatable bonds is 5. The van der Waals surface area contributed by atoms with E-state index in [0.717, 1.165) is 22.3 Å². The van der Waals surface area contributed by atoms with Gasteiger partial charge >= 0.3 is 0 Å². The highest BCUT2D eigenvalue weighted by atomic mass is 32.1. The van der Waals surface area contributed by atoms with E-state index in [0.29, 0.717) is 6.42 Å². The van der Waals surface area contributed by atoms with E-state index in [9.17, 15) is 0 Å². The molecule has 3 nitrogen and oxygen atoms in total. The van der Waals surface area contributed by atoms with Crippen molar-refractivity contribution in [3.8, 4) is 6.07 Å². The number of nitrogens with one attached hydrogen (secondary N) is 1. The topological polar surface area (TPSA) is 48.7 Å². The molecule has 0 bridgehead atoms. The molecule has 1 N–H and O–H groups in total. The van der Waals surface area contributed by atoms with Crippen LogP contribution in [0.4, 0.5) is 5.69 Å². The van der Waals surface area contributed by atoms with Crippen LogP contribution in [0.1, 0.15) is 24.4 Å². The van der Waals surface area contributed by atoms with Gasteiger partial charge in [0.05, 0.1) is 28.0 Å². The molecule has 0 aliphatic heterocycles. The highest BCUT2D eigenvalue weighted by Crippen LogP contribution is 2.31. The third kappa shape index (κ3) is 3.04. The number of benzene rings is 1. The van der Waals surface area contributed by atoms with E-state index in [1.807, 2.05) is 36.5 Å². The average molecular weight is 293 g/mol. The van der Waals surface area contributed by atoms with Crippen LogP contribution in [0, 0.1) is 11.3 Å². The number of hydrogen-bond donors (Lipinski definition) is 1. The fourth-order valence-corrected chi connectivity index (χ4v) is 3.22. The van der Waals surface area contributed by atoms with Crippen molar-refractivity contribution >= 4 is 27.2 Å². The summed E-state index contributed by atoms with van der Waals surface area (Å²) in [7, 11) is 0.